The van der Waals surface area contributed by atoms with Gasteiger partial charge in [0, 0.05) is 6.42 Å². The molecular weight excluding hydrogens is 289 g/mol. The van der Waals surface area contributed by atoms with Crippen LogP contribution in [-0.4, -0.2) is 17.7 Å². The van der Waals surface area contributed by atoms with Crippen molar-refractivity contribution in [1.29, 1.82) is 0 Å². The molecule has 0 amide bonds. The van der Waals surface area contributed by atoms with Crippen LogP contribution in [0.2, 0.25) is 0 Å². The number of nitrogens with two attached hydrogens (primary N) is 1. The summed E-state index contributed by atoms with van der Waals surface area (Å²) >= 11 is 4.87. The van der Waals surface area contributed by atoms with Crippen molar-refractivity contribution in [1.82, 2.24) is 0 Å². The van der Waals surface area contributed by atoms with E-state index >= 15 is 0 Å². The summed E-state index contributed by atoms with van der Waals surface area (Å²) in [4.78, 5) is -0.0151. The number of para-hydroxylation sites is 1. The van der Waals surface area contributed by atoms with Crippen molar-refractivity contribution in [3.05, 3.63) is 59.4 Å². The summed E-state index contributed by atoms with van der Waals surface area (Å²) in [5.41, 5.74) is 6.84. The molecule has 1 unspecified atom stereocenters. The first-order valence-electron chi connectivity index (χ1n) is 6.61. The lowest BCUT2D eigenvalue weighted by Crippen LogP contribution is -2.23. The van der Waals surface area contributed by atoms with Gasteiger partial charge < -0.3 is 15.2 Å². The zero-order valence-corrected chi connectivity index (χ0v) is 12.0. The molecule has 0 bridgehead atoms. The molecule has 0 fully saturated rings. The number of ether oxygens (including phenoxy) is 2. The Kier molecular flexibility index (Phi) is 3.75. The molecule has 3 rings (SSSR count). The van der Waals surface area contributed by atoms with E-state index in [0.717, 1.165) is 17.7 Å². The Bertz CT molecular complexity index is 665. The molecule has 0 radical (unpaired) electrons. The Morgan fingerprint density at radius 2 is 2.10 bits per heavy atom. The van der Waals surface area contributed by atoms with Crippen molar-refractivity contribution in [3.63, 3.8) is 0 Å². The lowest BCUT2D eigenvalue weighted by molar-refractivity contribution is 0.148. The molecule has 1 heterocycles. The van der Waals surface area contributed by atoms with Crippen LogP contribution in [0.4, 0.5) is 4.39 Å². The van der Waals surface area contributed by atoms with Crippen molar-refractivity contribution in [2.45, 2.75) is 12.5 Å². The first kappa shape index (κ1) is 13.8. The minimum atomic E-state index is -0.476. The monoisotopic (exact) mass is 303 g/mol. The first-order valence-corrected chi connectivity index (χ1v) is 7.01. The number of thiocarbonyl (C=S) groups is 1. The molecule has 1 aliphatic heterocycles. The van der Waals surface area contributed by atoms with Gasteiger partial charge in [0.1, 0.15) is 35.0 Å². The molecule has 108 valence electrons. The summed E-state index contributed by atoms with van der Waals surface area (Å²) in [6, 6.07) is 12.4. The summed E-state index contributed by atoms with van der Waals surface area (Å²) in [5, 5.41) is 0. The van der Waals surface area contributed by atoms with E-state index in [-0.39, 0.29) is 16.7 Å². The van der Waals surface area contributed by atoms with Crippen molar-refractivity contribution in [3.8, 4) is 11.5 Å². The van der Waals surface area contributed by atoms with E-state index < -0.39 is 5.82 Å². The number of benzene rings is 2. The molecule has 21 heavy (non-hydrogen) atoms. The number of rotatable bonds is 4. The molecule has 3 nitrogen and oxygen atoms in total. The molecule has 0 saturated heterocycles. The third-order valence-electron chi connectivity index (χ3n) is 3.36. The fraction of sp³-hybridized carbons (Fsp3) is 0.188. The largest absolute Gasteiger partial charge is 0.489 e. The highest BCUT2D eigenvalue weighted by atomic mass is 32.1. The van der Waals surface area contributed by atoms with Crippen LogP contribution in [0, 0.1) is 5.82 Å². The van der Waals surface area contributed by atoms with Crippen LogP contribution in [0.1, 0.15) is 11.1 Å². The Morgan fingerprint density at radius 1 is 1.29 bits per heavy atom. The molecule has 2 aromatic carbocycles. The van der Waals surface area contributed by atoms with Crippen molar-refractivity contribution in [2.75, 3.05) is 6.61 Å². The number of hydrogen-bond donors (Lipinski definition) is 1. The van der Waals surface area contributed by atoms with Crippen molar-refractivity contribution < 1.29 is 13.9 Å². The molecule has 0 saturated carbocycles. The van der Waals surface area contributed by atoms with Crippen LogP contribution in [0.15, 0.2) is 42.5 Å². The zero-order valence-electron chi connectivity index (χ0n) is 11.2. The number of hydrogen-bond acceptors (Lipinski definition) is 3. The van der Waals surface area contributed by atoms with Crippen LogP contribution in [-0.2, 0) is 6.42 Å². The second-order valence-corrected chi connectivity index (χ2v) is 5.28. The van der Waals surface area contributed by atoms with Gasteiger partial charge in [0.2, 0.25) is 0 Å². The first-order chi connectivity index (χ1) is 10.1. The second-order valence-electron chi connectivity index (χ2n) is 4.84. The third-order valence-corrected chi connectivity index (χ3v) is 3.56. The SMILES string of the molecule is NC(=S)c1c(F)cccc1OCC1Cc2ccccc2O1. The molecule has 2 aromatic rings. The van der Waals surface area contributed by atoms with Gasteiger partial charge in [-0.15, -0.1) is 0 Å². The van der Waals surface area contributed by atoms with E-state index in [1.54, 1.807) is 12.1 Å². The van der Waals surface area contributed by atoms with Gasteiger partial charge in [-0.25, -0.2) is 4.39 Å². The smallest absolute Gasteiger partial charge is 0.137 e. The highest BCUT2D eigenvalue weighted by Crippen LogP contribution is 2.29. The van der Waals surface area contributed by atoms with Gasteiger partial charge in [0.25, 0.3) is 0 Å². The van der Waals surface area contributed by atoms with Crippen molar-refractivity contribution >= 4 is 17.2 Å². The Labute approximate surface area is 127 Å². The Morgan fingerprint density at radius 3 is 2.86 bits per heavy atom. The minimum absolute atomic E-state index is 0.0151. The van der Waals surface area contributed by atoms with Gasteiger partial charge in [0.05, 0.1) is 5.56 Å². The average Bonchev–Trinajstić information content (AvgIpc) is 2.87. The standard InChI is InChI=1S/C16H14FNO2S/c17-12-5-3-7-14(15(12)16(18)21)19-9-11-8-10-4-1-2-6-13(10)20-11/h1-7,11H,8-9H2,(H2,18,21). The lowest BCUT2D eigenvalue weighted by Gasteiger charge is -2.15. The maximum Gasteiger partial charge on any atom is 0.137 e. The Hall–Kier alpha value is -2.14. The molecule has 0 spiro atoms. The van der Waals surface area contributed by atoms with E-state index in [0.29, 0.717) is 12.4 Å². The van der Waals surface area contributed by atoms with Gasteiger partial charge >= 0.3 is 0 Å². The predicted octanol–water partition coefficient (Wildman–Crippen LogP) is 2.84. The summed E-state index contributed by atoms with van der Waals surface area (Å²) in [6.07, 6.45) is 0.679. The predicted molar refractivity (Wildman–Crippen MR) is 82.3 cm³/mol. The van der Waals surface area contributed by atoms with Gasteiger partial charge in [0.15, 0.2) is 0 Å². The van der Waals surface area contributed by atoms with E-state index in [9.17, 15) is 4.39 Å². The normalized spacial score (nSPS) is 16.1. The van der Waals surface area contributed by atoms with Crippen LogP contribution >= 0.6 is 12.2 Å². The summed E-state index contributed by atoms with van der Waals surface area (Å²) in [7, 11) is 0. The van der Waals surface area contributed by atoms with Gasteiger partial charge in [-0.2, -0.15) is 0 Å². The molecule has 1 aliphatic rings. The maximum atomic E-state index is 13.7. The minimum Gasteiger partial charge on any atom is -0.489 e. The van der Waals surface area contributed by atoms with Crippen molar-refractivity contribution in [2.24, 2.45) is 5.73 Å². The molecule has 0 aromatic heterocycles. The highest BCUT2D eigenvalue weighted by Gasteiger charge is 2.23. The fourth-order valence-corrected chi connectivity index (χ4v) is 2.59. The lowest BCUT2D eigenvalue weighted by atomic mass is 10.1. The molecular formula is C16H14FNO2S. The Balaban J connectivity index is 1.70. The van der Waals surface area contributed by atoms with Crippen LogP contribution in [0.5, 0.6) is 11.5 Å². The molecule has 1 atom stereocenters. The number of halogens is 1. The third kappa shape index (κ3) is 2.83. The van der Waals surface area contributed by atoms with Crippen LogP contribution in [0.25, 0.3) is 0 Å². The maximum absolute atomic E-state index is 13.7. The van der Waals surface area contributed by atoms with Gasteiger partial charge in [-0.1, -0.05) is 36.5 Å². The summed E-state index contributed by atoms with van der Waals surface area (Å²) in [6.45, 7) is 0.313. The number of fused-ring (bicyclic) bond motifs is 1. The van der Waals surface area contributed by atoms with E-state index in [1.807, 2.05) is 24.3 Å². The summed E-state index contributed by atoms with van der Waals surface area (Å²) < 4.78 is 25.2. The highest BCUT2D eigenvalue weighted by molar-refractivity contribution is 7.80. The molecule has 0 aliphatic carbocycles. The van der Waals surface area contributed by atoms with Crippen LogP contribution in [0.3, 0.4) is 0 Å². The molecule has 2 N–H and O–H groups in total. The van der Waals surface area contributed by atoms with E-state index in [1.165, 1.54) is 6.07 Å². The van der Waals surface area contributed by atoms with Crippen LogP contribution < -0.4 is 15.2 Å². The van der Waals surface area contributed by atoms with Gasteiger partial charge in [-0.05, 0) is 23.8 Å². The average molecular weight is 303 g/mol. The zero-order chi connectivity index (χ0) is 14.8. The van der Waals surface area contributed by atoms with E-state index in [2.05, 4.69) is 0 Å². The quantitative estimate of drug-likeness (QED) is 0.882. The second kappa shape index (κ2) is 5.69. The summed E-state index contributed by atoms with van der Waals surface area (Å²) in [5.74, 6) is 0.748. The molecule has 5 heteroatoms. The topological polar surface area (TPSA) is 44.5 Å². The van der Waals surface area contributed by atoms with Gasteiger partial charge in [-0.3, -0.25) is 0 Å². The van der Waals surface area contributed by atoms with E-state index in [4.69, 9.17) is 27.4 Å². The fourth-order valence-electron chi connectivity index (χ4n) is 2.39.